The second kappa shape index (κ2) is 8.11. The molecular weight excluding hydrogens is 298 g/mol. The number of amides is 1. The van der Waals surface area contributed by atoms with Gasteiger partial charge in [-0.15, -0.1) is 0 Å². The van der Waals surface area contributed by atoms with E-state index in [0.29, 0.717) is 32.0 Å². The molecule has 0 bridgehead atoms. The third-order valence-corrected chi connectivity index (χ3v) is 4.81. The molecule has 1 aliphatic carbocycles. The summed E-state index contributed by atoms with van der Waals surface area (Å²) in [5.41, 5.74) is 3.92. The molecule has 2 aromatic carbocycles. The first-order valence-electron chi connectivity index (χ1n) is 8.66. The molecule has 126 valence electrons. The highest BCUT2D eigenvalue weighted by molar-refractivity contribution is 5.77. The van der Waals surface area contributed by atoms with Gasteiger partial charge >= 0.3 is 0 Å². The third-order valence-electron chi connectivity index (χ3n) is 4.81. The fraction of sp³-hybridized carbons (Fsp3) is 0.381. The van der Waals surface area contributed by atoms with E-state index >= 15 is 0 Å². The van der Waals surface area contributed by atoms with Gasteiger partial charge in [0.15, 0.2) is 0 Å². The van der Waals surface area contributed by atoms with Gasteiger partial charge in [0.25, 0.3) is 0 Å². The molecule has 2 aromatic rings. The second-order valence-electron chi connectivity index (χ2n) is 6.43. The Morgan fingerprint density at radius 2 is 1.88 bits per heavy atom. The third kappa shape index (κ3) is 4.04. The second-order valence-corrected chi connectivity index (χ2v) is 6.43. The van der Waals surface area contributed by atoms with E-state index in [2.05, 4.69) is 36.4 Å². The SMILES string of the molecule is COCCN(Cc1ccccc1)C(=O)CC1CCc2ccccc21. The quantitative estimate of drug-likeness (QED) is 0.776. The summed E-state index contributed by atoms with van der Waals surface area (Å²) in [6.45, 7) is 1.86. The largest absolute Gasteiger partial charge is 0.383 e. The Labute approximate surface area is 144 Å². The van der Waals surface area contributed by atoms with Gasteiger partial charge in [-0.2, -0.15) is 0 Å². The average Bonchev–Trinajstić information content (AvgIpc) is 3.02. The highest BCUT2D eigenvalue weighted by Gasteiger charge is 2.26. The molecule has 0 aliphatic heterocycles. The summed E-state index contributed by atoms with van der Waals surface area (Å²) in [7, 11) is 1.68. The number of aryl methyl sites for hydroxylation is 1. The van der Waals surface area contributed by atoms with Crippen molar-refractivity contribution < 1.29 is 9.53 Å². The number of rotatable bonds is 7. The van der Waals surface area contributed by atoms with Crippen LogP contribution in [0.1, 0.15) is 35.4 Å². The number of carbonyl (C=O) groups is 1. The molecule has 0 spiro atoms. The van der Waals surface area contributed by atoms with Crippen LogP contribution < -0.4 is 0 Å². The highest BCUT2D eigenvalue weighted by Crippen LogP contribution is 2.35. The maximum atomic E-state index is 12.9. The summed E-state index contributed by atoms with van der Waals surface area (Å²) >= 11 is 0. The van der Waals surface area contributed by atoms with Crippen molar-refractivity contribution in [3.8, 4) is 0 Å². The number of hydrogen-bond donors (Lipinski definition) is 0. The van der Waals surface area contributed by atoms with Gasteiger partial charge < -0.3 is 9.64 Å². The predicted molar refractivity (Wildman–Crippen MR) is 95.9 cm³/mol. The Morgan fingerprint density at radius 3 is 2.67 bits per heavy atom. The van der Waals surface area contributed by atoms with Gasteiger partial charge in [0, 0.05) is 26.6 Å². The molecule has 3 heteroatoms. The molecule has 1 atom stereocenters. The number of carbonyl (C=O) groups excluding carboxylic acids is 1. The van der Waals surface area contributed by atoms with Crippen molar-refractivity contribution in [3.63, 3.8) is 0 Å². The lowest BCUT2D eigenvalue weighted by atomic mass is 9.97. The summed E-state index contributed by atoms with van der Waals surface area (Å²) in [5, 5.41) is 0. The number of benzene rings is 2. The fourth-order valence-electron chi connectivity index (χ4n) is 3.49. The maximum Gasteiger partial charge on any atom is 0.223 e. The molecule has 0 N–H and O–H groups in total. The highest BCUT2D eigenvalue weighted by atomic mass is 16.5. The van der Waals surface area contributed by atoms with Crippen LogP contribution in [0.4, 0.5) is 0 Å². The molecule has 0 saturated heterocycles. The van der Waals surface area contributed by atoms with Crippen LogP contribution in [0.2, 0.25) is 0 Å². The summed E-state index contributed by atoms with van der Waals surface area (Å²) < 4.78 is 5.19. The van der Waals surface area contributed by atoms with Crippen molar-refractivity contribution in [2.75, 3.05) is 20.3 Å². The molecule has 3 rings (SSSR count). The molecular formula is C21H25NO2. The van der Waals surface area contributed by atoms with Crippen LogP contribution in [-0.2, 0) is 22.5 Å². The van der Waals surface area contributed by atoms with Gasteiger partial charge in [0.05, 0.1) is 6.61 Å². The van der Waals surface area contributed by atoms with E-state index in [1.165, 1.54) is 11.1 Å². The molecule has 0 saturated carbocycles. The van der Waals surface area contributed by atoms with Crippen LogP contribution in [-0.4, -0.2) is 31.1 Å². The summed E-state index contributed by atoms with van der Waals surface area (Å²) in [6.07, 6.45) is 2.76. The Bertz CT molecular complexity index is 669. The summed E-state index contributed by atoms with van der Waals surface area (Å²) in [5.74, 6) is 0.576. The minimum atomic E-state index is 0.220. The maximum absolute atomic E-state index is 12.9. The van der Waals surface area contributed by atoms with E-state index in [1.54, 1.807) is 7.11 Å². The first kappa shape index (κ1) is 16.7. The molecule has 1 amide bonds. The molecule has 1 unspecified atom stereocenters. The molecule has 24 heavy (non-hydrogen) atoms. The number of nitrogens with zero attached hydrogens (tertiary/aromatic N) is 1. The molecule has 0 heterocycles. The first-order valence-corrected chi connectivity index (χ1v) is 8.66. The molecule has 1 aliphatic rings. The Balaban J connectivity index is 1.67. The van der Waals surface area contributed by atoms with Gasteiger partial charge in [-0.3, -0.25) is 4.79 Å². The van der Waals surface area contributed by atoms with Crippen molar-refractivity contribution >= 4 is 5.91 Å². The van der Waals surface area contributed by atoms with E-state index in [1.807, 2.05) is 23.1 Å². The summed E-state index contributed by atoms with van der Waals surface area (Å²) in [4.78, 5) is 14.8. The van der Waals surface area contributed by atoms with E-state index in [4.69, 9.17) is 4.74 Å². The fourth-order valence-corrected chi connectivity index (χ4v) is 3.49. The number of methoxy groups -OCH3 is 1. The van der Waals surface area contributed by atoms with Crippen LogP contribution in [0.25, 0.3) is 0 Å². The van der Waals surface area contributed by atoms with E-state index in [9.17, 15) is 4.79 Å². The van der Waals surface area contributed by atoms with E-state index < -0.39 is 0 Å². The van der Waals surface area contributed by atoms with Crippen molar-refractivity contribution in [1.82, 2.24) is 4.90 Å². The molecule has 0 fully saturated rings. The first-order chi connectivity index (χ1) is 11.8. The lowest BCUT2D eigenvalue weighted by molar-refractivity contribution is -0.132. The van der Waals surface area contributed by atoms with Gasteiger partial charge in [0.1, 0.15) is 0 Å². The van der Waals surface area contributed by atoms with Crippen LogP contribution >= 0.6 is 0 Å². The van der Waals surface area contributed by atoms with Gasteiger partial charge in [-0.25, -0.2) is 0 Å². The predicted octanol–water partition coefficient (Wildman–Crippen LogP) is 3.78. The number of ether oxygens (including phenoxy) is 1. The smallest absolute Gasteiger partial charge is 0.223 e. The topological polar surface area (TPSA) is 29.5 Å². The van der Waals surface area contributed by atoms with Crippen LogP contribution in [0, 0.1) is 0 Å². The van der Waals surface area contributed by atoms with E-state index in [0.717, 1.165) is 18.4 Å². The lowest BCUT2D eigenvalue weighted by Crippen LogP contribution is -2.34. The normalized spacial score (nSPS) is 16.0. The van der Waals surface area contributed by atoms with Crippen molar-refractivity contribution in [2.45, 2.75) is 31.7 Å². The molecule has 0 aromatic heterocycles. The van der Waals surface area contributed by atoms with Crippen molar-refractivity contribution in [3.05, 3.63) is 71.3 Å². The molecule has 0 radical (unpaired) electrons. The van der Waals surface area contributed by atoms with Gasteiger partial charge in [-0.1, -0.05) is 54.6 Å². The Hall–Kier alpha value is -2.13. The molecule has 3 nitrogen and oxygen atoms in total. The minimum absolute atomic E-state index is 0.220. The van der Waals surface area contributed by atoms with Crippen LogP contribution in [0.5, 0.6) is 0 Å². The number of hydrogen-bond acceptors (Lipinski definition) is 2. The van der Waals surface area contributed by atoms with Crippen molar-refractivity contribution in [2.24, 2.45) is 0 Å². The van der Waals surface area contributed by atoms with E-state index in [-0.39, 0.29) is 5.91 Å². The monoisotopic (exact) mass is 323 g/mol. The Morgan fingerprint density at radius 1 is 1.12 bits per heavy atom. The average molecular weight is 323 g/mol. The van der Waals surface area contributed by atoms with Gasteiger partial charge in [-0.05, 0) is 35.4 Å². The standard InChI is InChI=1S/C21H25NO2/c1-24-14-13-22(16-17-7-3-2-4-8-17)21(23)15-19-12-11-18-9-5-6-10-20(18)19/h2-10,19H,11-16H2,1H3. The van der Waals surface area contributed by atoms with Crippen molar-refractivity contribution in [1.29, 1.82) is 0 Å². The zero-order valence-electron chi connectivity index (χ0n) is 14.3. The Kier molecular flexibility index (Phi) is 5.65. The minimum Gasteiger partial charge on any atom is -0.383 e. The zero-order chi connectivity index (χ0) is 16.8. The number of fused-ring (bicyclic) bond motifs is 1. The lowest BCUT2D eigenvalue weighted by Gasteiger charge is -2.24. The summed E-state index contributed by atoms with van der Waals surface area (Å²) in [6, 6.07) is 18.7. The van der Waals surface area contributed by atoms with Gasteiger partial charge in [0.2, 0.25) is 5.91 Å². The van der Waals surface area contributed by atoms with Crippen LogP contribution in [0.3, 0.4) is 0 Å². The zero-order valence-corrected chi connectivity index (χ0v) is 14.3. The van der Waals surface area contributed by atoms with Crippen LogP contribution in [0.15, 0.2) is 54.6 Å².